The summed E-state index contributed by atoms with van der Waals surface area (Å²) in [7, 11) is 1.89. The second kappa shape index (κ2) is 12.1. The van der Waals surface area contributed by atoms with Crippen molar-refractivity contribution in [2.24, 2.45) is 12.0 Å². The van der Waals surface area contributed by atoms with E-state index in [1.165, 1.54) is 0 Å². The molecule has 11 heteroatoms. The Morgan fingerprint density at radius 3 is 2.65 bits per heavy atom. The number of carbonyl (C=O) groups is 1. The van der Waals surface area contributed by atoms with Crippen molar-refractivity contribution in [3.63, 3.8) is 0 Å². The fraction of sp³-hybridized carbons (Fsp3) is 0.344. The molecule has 2 amide bonds. The molecule has 1 aromatic carbocycles. The number of nitriles is 1. The van der Waals surface area contributed by atoms with E-state index in [-0.39, 0.29) is 6.03 Å². The molecule has 3 aliphatic rings. The highest BCUT2D eigenvalue weighted by molar-refractivity contribution is 5.85. The molecule has 2 atom stereocenters. The predicted molar refractivity (Wildman–Crippen MR) is 164 cm³/mol. The molecule has 0 saturated heterocycles. The van der Waals surface area contributed by atoms with Gasteiger partial charge in [0.15, 0.2) is 6.29 Å². The number of nitrogens with one attached hydrogen (secondary N) is 2. The molecule has 6 rings (SSSR count). The molecular weight excluding hydrogens is 540 g/mol. The Kier molecular flexibility index (Phi) is 7.94. The molecule has 43 heavy (non-hydrogen) atoms. The van der Waals surface area contributed by atoms with Gasteiger partial charge < -0.3 is 5.32 Å². The number of nitrogens with zero attached hydrogens (tertiary/aromatic N) is 8. The van der Waals surface area contributed by atoms with Gasteiger partial charge in [0.2, 0.25) is 0 Å². The molecule has 220 valence electrons. The highest BCUT2D eigenvalue weighted by Gasteiger charge is 2.53. The largest absolute Gasteiger partial charge is 0.334 e. The number of amides is 2. The normalized spacial score (nSPS) is 22.6. The van der Waals surface area contributed by atoms with E-state index >= 15 is 0 Å². The van der Waals surface area contributed by atoms with Crippen molar-refractivity contribution in [1.82, 2.24) is 35.2 Å². The van der Waals surface area contributed by atoms with Crippen LogP contribution in [0.1, 0.15) is 49.7 Å². The first-order valence-corrected chi connectivity index (χ1v) is 14.7. The van der Waals surface area contributed by atoms with Gasteiger partial charge in [0.05, 0.1) is 29.2 Å². The van der Waals surface area contributed by atoms with Gasteiger partial charge in [-0.15, -0.1) is 0 Å². The molecular formula is C32H36N10O. The SMILES string of the molecule is Cn1cc(C2(N(C(=O)NCc3ccccc3)C3(NC4N=CC(C#N)=CN4n4cccn4)CCCCC3)C=CC=CC2)cn1. The maximum absolute atomic E-state index is 14.7. The predicted octanol–water partition coefficient (Wildman–Crippen LogP) is 4.20. The van der Waals surface area contributed by atoms with E-state index in [0.29, 0.717) is 18.5 Å². The van der Waals surface area contributed by atoms with Crippen LogP contribution < -0.4 is 15.6 Å². The molecule has 2 aliphatic carbocycles. The van der Waals surface area contributed by atoms with Crippen LogP contribution in [0.4, 0.5) is 4.79 Å². The van der Waals surface area contributed by atoms with Crippen LogP contribution >= 0.6 is 0 Å². The number of hydrogen-bond donors (Lipinski definition) is 2. The van der Waals surface area contributed by atoms with Crippen molar-refractivity contribution in [2.75, 3.05) is 5.01 Å². The molecule has 2 unspecified atom stereocenters. The third-order valence-electron chi connectivity index (χ3n) is 8.38. The van der Waals surface area contributed by atoms with Gasteiger partial charge in [0, 0.05) is 44.0 Å². The van der Waals surface area contributed by atoms with Crippen molar-refractivity contribution in [3.8, 4) is 6.07 Å². The second-order valence-electron chi connectivity index (χ2n) is 11.2. The van der Waals surface area contributed by atoms with Crippen LogP contribution in [0.3, 0.4) is 0 Å². The Bertz CT molecular complexity index is 1570. The minimum atomic E-state index is -0.809. The summed E-state index contributed by atoms with van der Waals surface area (Å²) in [4.78, 5) is 23.2. The summed E-state index contributed by atoms with van der Waals surface area (Å²) < 4.78 is 1.78. The summed E-state index contributed by atoms with van der Waals surface area (Å²) in [5.41, 5.74) is 0.759. The molecule has 2 aromatic heterocycles. The molecule has 1 saturated carbocycles. The molecule has 0 radical (unpaired) electrons. The van der Waals surface area contributed by atoms with Gasteiger partial charge in [-0.1, -0.05) is 61.1 Å². The van der Waals surface area contributed by atoms with E-state index in [0.717, 1.165) is 43.2 Å². The van der Waals surface area contributed by atoms with Gasteiger partial charge in [-0.05, 0) is 43.7 Å². The van der Waals surface area contributed by atoms with Crippen LogP contribution in [0.2, 0.25) is 0 Å². The lowest BCUT2D eigenvalue weighted by molar-refractivity contribution is -0.0195. The Morgan fingerprint density at radius 1 is 1.14 bits per heavy atom. The maximum Gasteiger partial charge on any atom is 0.320 e. The number of aromatic nitrogens is 4. The van der Waals surface area contributed by atoms with Gasteiger partial charge in [0.25, 0.3) is 0 Å². The lowest BCUT2D eigenvalue weighted by Gasteiger charge is -2.56. The standard InChI is InChI=1S/C32H36N10O/c1-39-25-28(23-37-39)31(14-7-3-8-15-31)42(30(43)35-21-26-12-5-2-6-13-26)32(16-9-4-10-17-32)38-29-34-22-27(20-33)24-40(29)41-19-11-18-36-41/h2-3,5-8,11-14,18-19,22-25,29,38H,4,9-10,15-17,21H2,1H3,(H,35,43). The third-order valence-corrected chi connectivity index (χ3v) is 8.38. The van der Waals surface area contributed by atoms with Crippen molar-refractivity contribution < 1.29 is 4.79 Å². The zero-order valence-electron chi connectivity index (χ0n) is 24.3. The summed E-state index contributed by atoms with van der Waals surface area (Å²) in [6.07, 6.45) is 23.3. The minimum absolute atomic E-state index is 0.180. The van der Waals surface area contributed by atoms with E-state index in [1.807, 2.05) is 79.1 Å². The van der Waals surface area contributed by atoms with Crippen molar-refractivity contribution >= 4 is 12.2 Å². The van der Waals surface area contributed by atoms with Crippen molar-refractivity contribution in [1.29, 1.82) is 5.26 Å². The van der Waals surface area contributed by atoms with Gasteiger partial charge in [-0.25, -0.2) is 9.80 Å². The summed E-state index contributed by atoms with van der Waals surface area (Å²) in [6, 6.07) is 13.8. The van der Waals surface area contributed by atoms with E-state index in [4.69, 9.17) is 4.99 Å². The van der Waals surface area contributed by atoms with Crippen LogP contribution in [0.25, 0.3) is 0 Å². The van der Waals surface area contributed by atoms with Crippen LogP contribution in [0, 0.1) is 11.3 Å². The van der Waals surface area contributed by atoms with Crippen molar-refractivity contribution in [3.05, 3.63) is 108 Å². The molecule has 2 N–H and O–H groups in total. The number of hydrogen-bond acceptors (Lipinski definition) is 7. The lowest BCUT2D eigenvalue weighted by atomic mass is 9.78. The number of aliphatic imine (C=N–C) groups is 1. The first kappa shape index (κ1) is 28.2. The van der Waals surface area contributed by atoms with Crippen LogP contribution in [0.5, 0.6) is 0 Å². The summed E-state index contributed by atoms with van der Waals surface area (Å²) in [5.74, 6) is 0. The highest BCUT2D eigenvalue weighted by atomic mass is 16.2. The average Bonchev–Trinajstić information content (AvgIpc) is 3.74. The lowest BCUT2D eigenvalue weighted by Crippen LogP contribution is -2.72. The molecule has 1 aliphatic heterocycles. The van der Waals surface area contributed by atoms with Gasteiger partial charge >= 0.3 is 6.03 Å². The van der Waals surface area contributed by atoms with Crippen LogP contribution in [-0.2, 0) is 19.1 Å². The second-order valence-corrected chi connectivity index (χ2v) is 11.2. The van der Waals surface area contributed by atoms with E-state index < -0.39 is 17.5 Å². The number of benzene rings is 1. The molecule has 11 nitrogen and oxygen atoms in total. The Morgan fingerprint density at radius 2 is 1.98 bits per heavy atom. The third kappa shape index (κ3) is 5.61. The number of aryl methyl sites for hydroxylation is 1. The van der Waals surface area contributed by atoms with Crippen molar-refractivity contribution in [2.45, 2.75) is 62.6 Å². The molecule has 0 spiro atoms. The Balaban J connectivity index is 1.45. The van der Waals surface area contributed by atoms with Crippen LogP contribution in [-0.4, -0.2) is 48.8 Å². The average molecular weight is 577 g/mol. The van der Waals surface area contributed by atoms with Crippen LogP contribution in [0.15, 0.2) is 102 Å². The maximum atomic E-state index is 14.7. The first-order chi connectivity index (χ1) is 21.0. The fourth-order valence-electron chi connectivity index (χ4n) is 6.38. The Hall–Kier alpha value is -4.95. The van der Waals surface area contributed by atoms with Gasteiger partial charge in [-0.3, -0.25) is 19.9 Å². The molecule has 1 fully saturated rings. The van der Waals surface area contributed by atoms with Gasteiger partial charge in [0.1, 0.15) is 6.07 Å². The summed E-state index contributed by atoms with van der Waals surface area (Å²) in [6.45, 7) is 0.393. The molecule has 3 aromatic rings. The zero-order valence-corrected chi connectivity index (χ0v) is 24.3. The van der Waals surface area contributed by atoms with E-state index in [2.05, 4.69) is 39.1 Å². The molecule has 0 bridgehead atoms. The smallest absolute Gasteiger partial charge is 0.320 e. The number of carbonyl (C=O) groups excluding carboxylic acids is 1. The number of rotatable bonds is 8. The first-order valence-electron chi connectivity index (χ1n) is 14.7. The topological polar surface area (TPSA) is 119 Å². The summed E-state index contributed by atoms with van der Waals surface area (Å²) >= 11 is 0. The number of allylic oxidation sites excluding steroid dienone is 3. The fourth-order valence-corrected chi connectivity index (χ4v) is 6.38. The van der Waals surface area contributed by atoms with Gasteiger partial charge in [-0.2, -0.15) is 20.3 Å². The summed E-state index contributed by atoms with van der Waals surface area (Å²) in [5, 5.41) is 27.4. The minimum Gasteiger partial charge on any atom is -0.334 e. The monoisotopic (exact) mass is 576 g/mol. The Labute approximate surface area is 251 Å². The van der Waals surface area contributed by atoms with E-state index in [9.17, 15) is 10.1 Å². The molecule has 3 heterocycles. The zero-order chi connectivity index (χ0) is 29.7. The highest BCUT2D eigenvalue weighted by Crippen LogP contribution is 2.45. The number of urea groups is 1. The quantitative estimate of drug-likeness (QED) is 0.388. The van der Waals surface area contributed by atoms with E-state index in [1.54, 1.807) is 33.1 Å².